The zero-order valence-electron chi connectivity index (χ0n) is 10.2. The van der Waals surface area contributed by atoms with Crippen molar-refractivity contribution in [1.82, 2.24) is 19.7 Å². The summed E-state index contributed by atoms with van der Waals surface area (Å²) in [7, 11) is 0. The molecule has 1 saturated carbocycles. The van der Waals surface area contributed by atoms with Crippen molar-refractivity contribution < 1.29 is 4.52 Å². The molecule has 0 unspecified atom stereocenters. The van der Waals surface area contributed by atoms with Crippen LogP contribution in [0.15, 0.2) is 23.2 Å². The minimum Gasteiger partial charge on any atom is -0.339 e. The van der Waals surface area contributed by atoms with Gasteiger partial charge in [0.2, 0.25) is 5.89 Å². The van der Waals surface area contributed by atoms with Crippen LogP contribution >= 0.6 is 0 Å². The molecule has 2 N–H and O–H groups in total. The number of hydrogen-bond acceptors (Lipinski definition) is 5. The molecule has 0 bridgehead atoms. The van der Waals surface area contributed by atoms with E-state index in [2.05, 4.69) is 15.1 Å². The maximum absolute atomic E-state index is 6.28. The van der Waals surface area contributed by atoms with Gasteiger partial charge in [0.15, 0.2) is 5.82 Å². The van der Waals surface area contributed by atoms with Crippen molar-refractivity contribution in [3.63, 3.8) is 0 Å². The molecule has 96 valence electrons. The Morgan fingerprint density at radius 3 is 2.94 bits per heavy atom. The minimum atomic E-state index is -0.364. The van der Waals surface area contributed by atoms with Gasteiger partial charge in [0, 0.05) is 25.4 Å². The molecule has 0 aromatic carbocycles. The van der Waals surface area contributed by atoms with E-state index in [4.69, 9.17) is 10.3 Å². The predicted octanol–water partition coefficient (Wildman–Crippen LogP) is 1.24. The first-order chi connectivity index (χ1) is 8.76. The molecule has 0 amide bonds. The second-order valence-electron chi connectivity index (χ2n) is 4.93. The Kier molecular flexibility index (Phi) is 2.87. The lowest BCUT2D eigenvalue weighted by Crippen LogP contribution is -2.34. The van der Waals surface area contributed by atoms with Gasteiger partial charge in [-0.15, -0.1) is 0 Å². The summed E-state index contributed by atoms with van der Waals surface area (Å²) in [5, 5.41) is 4.03. The fourth-order valence-corrected chi connectivity index (χ4v) is 2.43. The van der Waals surface area contributed by atoms with Gasteiger partial charge in [-0.2, -0.15) is 4.98 Å². The molecule has 2 aromatic heterocycles. The van der Waals surface area contributed by atoms with E-state index in [0.29, 0.717) is 18.1 Å². The molecule has 0 saturated heterocycles. The van der Waals surface area contributed by atoms with Crippen molar-refractivity contribution in [3.05, 3.63) is 30.4 Å². The Balaban J connectivity index is 1.66. The van der Waals surface area contributed by atoms with E-state index < -0.39 is 0 Å². The van der Waals surface area contributed by atoms with Gasteiger partial charge in [-0.25, -0.2) is 4.98 Å². The fourth-order valence-electron chi connectivity index (χ4n) is 2.43. The van der Waals surface area contributed by atoms with Crippen LogP contribution in [0.1, 0.15) is 37.4 Å². The number of rotatable bonds is 4. The van der Waals surface area contributed by atoms with E-state index >= 15 is 0 Å². The Hall–Kier alpha value is -1.69. The lowest BCUT2D eigenvalue weighted by Gasteiger charge is -2.17. The van der Waals surface area contributed by atoms with Crippen LogP contribution in [0.3, 0.4) is 0 Å². The van der Waals surface area contributed by atoms with Crippen LogP contribution in [0, 0.1) is 0 Å². The van der Waals surface area contributed by atoms with Gasteiger partial charge >= 0.3 is 0 Å². The summed E-state index contributed by atoms with van der Waals surface area (Å²) in [6.45, 7) is 0.791. The van der Waals surface area contributed by atoms with Gasteiger partial charge < -0.3 is 14.8 Å². The lowest BCUT2D eigenvalue weighted by molar-refractivity contribution is 0.345. The molecule has 0 aliphatic heterocycles. The first kappa shape index (κ1) is 11.4. The van der Waals surface area contributed by atoms with Gasteiger partial charge in [0.25, 0.3) is 0 Å². The molecular formula is C12H17N5O. The molecule has 1 aliphatic carbocycles. The quantitative estimate of drug-likeness (QED) is 0.878. The van der Waals surface area contributed by atoms with Crippen molar-refractivity contribution in [2.24, 2.45) is 5.73 Å². The normalized spacial score (nSPS) is 18.3. The third kappa shape index (κ3) is 2.15. The second kappa shape index (κ2) is 4.53. The van der Waals surface area contributed by atoms with Crippen LogP contribution in [-0.2, 0) is 18.5 Å². The standard InChI is InChI=1S/C12H17N5O/c13-12(4-1-2-5-12)11-15-10(18-16-11)3-7-17-8-6-14-9-17/h6,8-9H,1-5,7,13H2. The van der Waals surface area contributed by atoms with Crippen molar-refractivity contribution in [1.29, 1.82) is 0 Å². The highest BCUT2D eigenvalue weighted by atomic mass is 16.5. The zero-order chi connectivity index (χ0) is 12.4. The summed E-state index contributed by atoms with van der Waals surface area (Å²) in [5.41, 5.74) is 5.92. The Labute approximate surface area is 105 Å². The zero-order valence-corrected chi connectivity index (χ0v) is 10.2. The van der Waals surface area contributed by atoms with Gasteiger partial charge in [-0.3, -0.25) is 0 Å². The first-order valence-electron chi connectivity index (χ1n) is 6.34. The number of aryl methyl sites for hydroxylation is 2. The highest BCUT2D eigenvalue weighted by Gasteiger charge is 2.35. The average molecular weight is 247 g/mol. The van der Waals surface area contributed by atoms with Gasteiger partial charge in [0.05, 0.1) is 11.9 Å². The SMILES string of the molecule is NC1(c2noc(CCn3ccnc3)n2)CCCC1. The molecule has 18 heavy (non-hydrogen) atoms. The van der Waals surface area contributed by atoms with Crippen molar-refractivity contribution >= 4 is 0 Å². The average Bonchev–Trinajstić information content (AvgIpc) is 3.08. The summed E-state index contributed by atoms with van der Waals surface area (Å²) in [5.74, 6) is 1.32. The van der Waals surface area contributed by atoms with Crippen LogP contribution in [0.5, 0.6) is 0 Å². The molecule has 0 radical (unpaired) electrons. The van der Waals surface area contributed by atoms with Gasteiger partial charge in [-0.05, 0) is 12.8 Å². The maximum Gasteiger partial charge on any atom is 0.228 e. The topological polar surface area (TPSA) is 82.8 Å². The summed E-state index contributed by atoms with van der Waals surface area (Å²) in [6, 6.07) is 0. The molecule has 1 fully saturated rings. The number of nitrogens with two attached hydrogens (primary N) is 1. The van der Waals surface area contributed by atoms with E-state index in [1.807, 2.05) is 10.8 Å². The smallest absolute Gasteiger partial charge is 0.228 e. The third-order valence-corrected chi connectivity index (χ3v) is 3.55. The van der Waals surface area contributed by atoms with Crippen LogP contribution in [0.4, 0.5) is 0 Å². The fraction of sp³-hybridized carbons (Fsp3) is 0.583. The second-order valence-corrected chi connectivity index (χ2v) is 4.93. The summed E-state index contributed by atoms with van der Waals surface area (Å²) in [6.07, 6.45) is 10.4. The number of aromatic nitrogens is 4. The summed E-state index contributed by atoms with van der Waals surface area (Å²) in [4.78, 5) is 8.42. The molecule has 0 spiro atoms. The van der Waals surface area contributed by atoms with Crippen LogP contribution in [0.25, 0.3) is 0 Å². The molecule has 6 heteroatoms. The van der Waals surface area contributed by atoms with Crippen LogP contribution in [0.2, 0.25) is 0 Å². The molecule has 3 rings (SSSR count). The number of hydrogen-bond donors (Lipinski definition) is 1. The lowest BCUT2D eigenvalue weighted by atomic mass is 9.99. The molecule has 2 aromatic rings. The van der Waals surface area contributed by atoms with E-state index in [9.17, 15) is 0 Å². The van der Waals surface area contributed by atoms with Crippen LogP contribution in [-0.4, -0.2) is 19.7 Å². The number of nitrogens with zero attached hydrogens (tertiary/aromatic N) is 4. The van der Waals surface area contributed by atoms with Gasteiger partial charge in [-0.1, -0.05) is 18.0 Å². The minimum absolute atomic E-state index is 0.364. The molecule has 6 nitrogen and oxygen atoms in total. The summed E-state index contributed by atoms with van der Waals surface area (Å²) >= 11 is 0. The molecular weight excluding hydrogens is 230 g/mol. The molecule has 1 aliphatic rings. The van der Waals surface area contributed by atoms with Crippen molar-refractivity contribution in [3.8, 4) is 0 Å². The van der Waals surface area contributed by atoms with Crippen molar-refractivity contribution in [2.45, 2.75) is 44.2 Å². The largest absolute Gasteiger partial charge is 0.339 e. The highest BCUT2D eigenvalue weighted by Crippen LogP contribution is 2.34. The Morgan fingerprint density at radius 1 is 1.39 bits per heavy atom. The number of imidazole rings is 1. The Bertz CT molecular complexity index is 498. The van der Waals surface area contributed by atoms with Crippen molar-refractivity contribution in [2.75, 3.05) is 0 Å². The van der Waals surface area contributed by atoms with E-state index in [1.54, 1.807) is 12.5 Å². The van der Waals surface area contributed by atoms with E-state index in [-0.39, 0.29) is 5.54 Å². The van der Waals surface area contributed by atoms with Crippen LogP contribution < -0.4 is 5.73 Å². The third-order valence-electron chi connectivity index (χ3n) is 3.55. The van der Waals surface area contributed by atoms with Gasteiger partial charge in [0.1, 0.15) is 0 Å². The first-order valence-corrected chi connectivity index (χ1v) is 6.34. The monoisotopic (exact) mass is 247 g/mol. The predicted molar refractivity (Wildman–Crippen MR) is 64.6 cm³/mol. The molecule has 2 heterocycles. The van der Waals surface area contributed by atoms with E-state index in [0.717, 1.165) is 32.2 Å². The van der Waals surface area contributed by atoms with E-state index in [1.165, 1.54) is 0 Å². The Morgan fingerprint density at radius 2 is 2.22 bits per heavy atom. The highest BCUT2D eigenvalue weighted by molar-refractivity contribution is 5.06. The summed E-state index contributed by atoms with van der Waals surface area (Å²) < 4.78 is 7.25. The molecule has 0 atom stereocenters. The maximum atomic E-state index is 6.28.